The summed E-state index contributed by atoms with van der Waals surface area (Å²) in [5.41, 5.74) is 2.31. The zero-order valence-corrected chi connectivity index (χ0v) is 10.2. The number of aromatic nitrogens is 3. The number of nitrogens with zero attached hydrogens (tertiary/aromatic N) is 3. The van der Waals surface area contributed by atoms with Gasteiger partial charge in [-0.15, -0.1) is 0 Å². The molecule has 0 aliphatic heterocycles. The second-order valence-electron chi connectivity index (χ2n) is 4.27. The Morgan fingerprint density at radius 2 is 2.11 bits per heavy atom. The van der Waals surface area contributed by atoms with E-state index in [1.165, 1.54) is 0 Å². The first-order valence-electron chi connectivity index (χ1n) is 5.76. The van der Waals surface area contributed by atoms with Gasteiger partial charge in [0.1, 0.15) is 0 Å². The summed E-state index contributed by atoms with van der Waals surface area (Å²) in [6, 6.07) is 8.80. The Hall–Kier alpha value is -2.69. The number of carboxylic acids is 1. The number of aromatic carboxylic acids is 1. The quantitative estimate of drug-likeness (QED) is 0.761. The van der Waals surface area contributed by atoms with Gasteiger partial charge in [0.2, 0.25) is 0 Å². The molecule has 0 aliphatic rings. The number of hydrogen-bond acceptors (Lipinski definition) is 3. The molecule has 0 amide bonds. The van der Waals surface area contributed by atoms with Crippen LogP contribution in [-0.4, -0.2) is 25.6 Å². The van der Waals surface area contributed by atoms with Gasteiger partial charge in [0.15, 0.2) is 0 Å². The van der Waals surface area contributed by atoms with Crippen LogP contribution in [0.3, 0.4) is 0 Å². The molecule has 2 aromatic heterocycles. The van der Waals surface area contributed by atoms with Crippen LogP contribution in [0.2, 0.25) is 0 Å². The van der Waals surface area contributed by atoms with Crippen LogP contribution in [0.1, 0.15) is 10.4 Å². The standard InChI is InChI=1S/C14H11N3O2/c1-17-8-15-7-13(17)12-6-10(14(18)19)9-4-2-3-5-11(9)16-12/h2-8H,1H3,(H,18,19). The van der Waals surface area contributed by atoms with Gasteiger partial charge in [0, 0.05) is 12.4 Å². The van der Waals surface area contributed by atoms with Crippen molar-refractivity contribution in [1.82, 2.24) is 14.5 Å². The van der Waals surface area contributed by atoms with Gasteiger partial charge in [-0.1, -0.05) is 18.2 Å². The van der Waals surface area contributed by atoms with Crippen LogP contribution in [0.4, 0.5) is 0 Å². The van der Waals surface area contributed by atoms with Gasteiger partial charge in [-0.25, -0.2) is 14.8 Å². The van der Waals surface area contributed by atoms with E-state index in [4.69, 9.17) is 0 Å². The highest BCUT2D eigenvalue weighted by molar-refractivity contribution is 6.03. The Morgan fingerprint density at radius 1 is 1.32 bits per heavy atom. The predicted molar refractivity (Wildman–Crippen MR) is 70.9 cm³/mol. The van der Waals surface area contributed by atoms with Gasteiger partial charge in [0.25, 0.3) is 0 Å². The maximum atomic E-state index is 11.4. The number of rotatable bonds is 2. The number of benzene rings is 1. The van der Waals surface area contributed by atoms with Crippen molar-refractivity contribution in [3.8, 4) is 11.4 Å². The molecule has 0 radical (unpaired) electrons. The zero-order chi connectivity index (χ0) is 13.4. The molecule has 5 nitrogen and oxygen atoms in total. The van der Waals surface area contributed by atoms with Crippen LogP contribution in [-0.2, 0) is 7.05 Å². The summed E-state index contributed by atoms with van der Waals surface area (Å²) in [6.07, 6.45) is 3.33. The highest BCUT2D eigenvalue weighted by Crippen LogP contribution is 2.24. The summed E-state index contributed by atoms with van der Waals surface area (Å²) >= 11 is 0. The topological polar surface area (TPSA) is 68.0 Å². The van der Waals surface area contributed by atoms with Crippen molar-refractivity contribution in [1.29, 1.82) is 0 Å². The number of carboxylic acid groups (broad SMARTS) is 1. The van der Waals surface area contributed by atoms with Gasteiger partial charge in [-0.3, -0.25) is 0 Å². The summed E-state index contributed by atoms with van der Waals surface area (Å²) < 4.78 is 1.81. The molecule has 1 N–H and O–H groups in total. The molecule has 0 spiro atoms. The Morgan fingerprint density at radius 3 is 2.79 bits per heavy atom. The monoisotopic (exact) mass is 253 g/mol. The summed E-state index contributed by atoms with van der Waals surface area (Å²) in [5.74, 6) is -0.956. The highest BCUT2D eigenvalue weighted by atomic mass is 16.4. The summed E-state index contributed by atoms with van der Waals surface area (Å²) in [7, 11) is 1.85. The lowest BCUT2D eigenvalue weighted by atomic mass is 10.1. The van der Waals surface area contributed by atoms with E-state index in [2.05, 4.69) is 9.97 Å². The molecule has 0 atom stereocenters. The first-order valence-corrected chi connectivity index (χ1v) is 5.76. The fourth-order valence-electron chi connectivity index (χ4n) is 2.09. The number of para-hydroxylation sites is 1. The number of pyridine rings is 1. The second-order valence-corrected chi connectivity index (χ2v) is 4.27. The van der Waals surface area contributed by atoms with E-state index in [-0.39, 0.29) is 5.56 Å². The third-order valence-electron chi connectivity index (χ3n) is 3.03. The minimum Gasteiger partial charge on any atom is -0.478 e. The molecule has 94 valence electrons. The van der Waals surface area contributed by atoms with Crippen LogP contribution < -0.4 is 0 Å². The average molecular weight is 253 g/mol. The summed E-state index contributed by atoms with van der Waals surface area (Å²) in [5, 5.41) is 9.96. The number of carbonyl (C=O) groups is 1. The summed E-state index contributed by atoms with van der Waals surface area (Å²) in [4.78, 5) is 19.9. The molecular weight excluding hydrogens is 242 g/mol. The van der Waals surface area contributed by atoms with Crippen molar-refractivity contribution in [2.45, 2.75) is 0 Å². The Labute approximate surface area is 109 Å². The fraction of sp³-hybridized carbons (Fsp3) is 0.0714. The lowest BCUT2D eigenvalue weighted by Gasteiger charge is -2.07. The Balaban J connectivity index is 2.34. The maximum Gasteiger partial charge on any atom is 0.336 e. The van der Waals surface area contributed by atoms with Crippen molar-refractivity contribution in [3.05, 3.63) is 48.4 Å². The smallest absolute Gasteiger partial charge is 0.336 e. The van der Waals surface area contributed by atoms with E-state index in [1.54, 1.807) is 30.7 Å². The molecule has 1 aromatic carbocycles. The minimum atomic E-state index is -0.956. The third-order valence-corrected chi connectivity index (χ3v) is 3.03. The van der Waals surface area contributed by atoms with Crippen molar-refractivity contribution in [2.24, 2.45) is 7.05 Å². The van der Waals surface area contributed by atoms with Crippen LogP contribution >= 0.6 is 0 Å². The summed E-state index contributed by atoms with van der Waals surface area (Å²) in [6.45, 7) is 0. The molecule has 0 fully saturated rings. The van der Waals surface area contributed by atoms with E-state index >= 15 is 0 Å². The molecule has 0 aliphatic carbocycles. The number of hydrogen-bond donors (Lipinski definition) is 1. The van der Waals surface area contributed by atoms with E-state index in [0.29, 0.717) is 16.6 Å². The first kappa shape index (κ1) is 11.4. The molecule has 2 heterocycles. The van der Waals surface area contributed by atoms with Crippen molar-refractivity contribution in [2.75, 3.05) is 0 Å². The van der Waals surface area contributed by atoms with Crippen LogP contribution in [0, 0.1) is 0 Å². The van der Waals surface area contributed by atoms with Crippen molar-refractivity contribution in [3.63, 3.8) is 0 Å². The van der Waals surface area contributed by atoms with Gasteiger partial charge in [0.05, 0.1) is 35.0 Å². The van der Waals surface area contributed by atoms with Gasteiger partial charge in [-0.2, -0.15) is 0 Å². The van der Waals surface area contributed by atoms with Gasteiger partial charge < -0.3 is 9.67 Å². The van der Waals surface area contributed by atoms with Crippen LogP contribution in [0.25, 0.3) is 22.3 Å². The van der Waals surface area contributed by atoms with Crippen LogP contribution in [0.5, 0.6) is 0 Å². The normalized spacial score (nSPS) is 10.8. The first-order chi connectivity index (χ1) is 9.16. The molecule has 19 heavy (non-hydrogen) atoms. The van der Waals surface area contributed by atoms with E-state index in [9.17, 15) is 9.90 Å². The molecule has 0 unspecified atom stereocenters. The fourth-order valence-corrected chi connectivity index (χ4v) is 2.09. The number of fused-ring (bicyclic) bond motifs is 1. The molecule has 5 heteroatoms. The van der Waals surface area contributed by atoms with Gasteiger partial charge >= 0.3 is 5.97 Å². The van der Waals surface area contributed by atoms with Crippen LogP contribution in [0.15, 0.2) is 42.9 Å². The third kappa shape index (κ3) is 1.85. The molecule has 0 saturated carbocycles. The van der Waals surface area contributed by atoms with Crippen molar-refractivity contribution < 1.29 is 9.90 Å². The highest BCUT2D eigenvalue weighted by Gasteiger charge is 2.13. The zero-order valence-electron chi connectivity index (χ0n) is 10.2. The molecule has 0 bridgehead atoms. The lowest BCUT2D eigenvalue weighted by Crippen LogP contribution is -2.01. The SMILES string of the molecule is Cn1cncc1-c1cc(C(=O)O)c2ccccc2n1. The maximum absolute atomic E-state index is 11.4. The molecular formula is C14H11N3O2. The number of aryl methyl sites for hydroxylation is 1. The Kier molecular flexibility index (Phi) is 2.52. The minimum absolute atomic E-state index is 0.252. The van der Waals surface area contributed by atoms with Gasteiger partial charge in [-0.05, 0) is 12.1 Å². The average Bonchev–Trinajstić information content (AvgIpc) is 2.83. The van der Waals surface area contributed by atoms with E-state index < -0.39 is 5.97 Å². The van der Waals surface area contributed by atoms with E-state index in [0.717, 1.165) is 5.69 Å². The predicted octanol–water partition coefficient (Wildman–Crippen LogP) is 2.33. The molecule has 3 aromatic rings. The molecule has 3 rings (SSSR count). The van der Waals surface area contributed by atoms with E-state index in [1.807, 2.05) is 23.7 Å². The lowest BCUT2D eigenvalue weighted by molar-refractivity contribution is 0.0699. The Bertz CT molecular complexity index is 777. The largest absolute Gasteiger partial charge is 0.478 e. The number of imidazole rings is 1. The second kappa shape index (κ2) is 4.20. The molecule has 0 saturated heterocycles. The van der Waals surface area contributed by atoms with Crippen molar-refractivity contribution >= 4 is 16.9 Å².